The van der Waals surface area contributed by atoms with E-state index >= 15 is 0 Å². The highest BCUT2D eigenvalue weighted by molar-refractivity contribution is 8.19. The van der Waals surface area contributed by atoms with Crippen LogP contribution in [0.15, 0.2) is 21.9 Å². The number of hydrogen-bond acceptors (Lipinski definition) is 8. The molecule has 9 heteroatoms. The SMILES string of the molecule is [C-]#[N+]C(C(=O)OC(C)C)C1Sc2c(OC(=O)C3CCC(C4CCC(CC)CC4)CC3)ccc(OC(=O)C3CCC(C4CCC(CC)CC4)CC3)c2S1. The first kappa shape index (κ1) is 39.5. The van der Waals surface area contributed by atoms with Crippen LogP contribution in [0, 0.1) is 53.9 Å². The van der Waals surface area contributed by atoms with Gasteiger partial charge in [-0.15, -0.1) is 0 Å². The van der Waals surface area contributed by atoms with Gasteiger partial charge in [-0.2, -0.15) is 0 Å². The predicted octanol–water partition coefficient (Wildman–Crippen LogP) is 11.3. The Labute approximate surface area is 321 Å². The summed E-state index contributed by atoms with van der Waals surface area (Å²) in [4.78, 5) is 45.2. The van der Waals surface area contributed by atoms with Crippen LogP contribution in [0.3, 0.4) is 0 Å². The van der Waals surface area contributed by atoms with Crippen molar-refractivity contribution in [2.75, 3.05) is 0 Å². The quantitative estimate of drug-likeness (QED) is 0.126. The van der Waals surface area contributed by atoms with E-state index in [1.54, 1.807) is 26.0 Å². The first-order valence-electron chi connectivity index (χ1n) is 20.7. The lowest BCUT2D eigenvalue weighted by atomic mass is 9.69. The first-order chi connectivity index (χ1) is 25.2. The van der Waals surface area contributed by atoms with Gasteiger partial charge in [-0.05, 0) is 139 Å². The number of benzene rings is 1. The molecule has 286 valence electrons. The van der Waals surface area contributed by atoms with Crippen molar-refractivity contribution < 1.29 is 28.6 Å². The predicted molar refractivity (Wildman–Crippen MR) is 207 cm³/mol. The average Bonchev–Trinajstić information content (AvgIpc) is 3.61. The van der Waals surface area contributed by atoms with Crippen LogP contribution in [0.5, 0.6) is 11.5 Å². The average molecular weight is 752 g/mol. The Morgan fingerprint density at radius 1 is 0.654 bits per heavy atom. The van der Waals surface area contributed by atoms with E-state index in [1.165, 1.54) is 87.7 Å². The van der Waals surface area contributed by atoms with Gasteiger partial charge < -0.3 is 14.2 Å². The third kappa shape index (κ3) is 9.54. The summed E-state index contributed by atoms with van der Waals surface area (Å²) in [6, 6.07) is 2.41. The summed E-state index contributed by atoms with van der Waals surface area (Å²) in [6.45, 7) is 16.0. The van der Waals surface area contributed by atoms with Crippen LogP contribution in [0.25, 0.3) is 4.85 Å². The van der Waals surface area contributed by atoms with Gasteiger partial charge in [0.1, 0.15) is 16.1 Å². The van der Waals surface area contributed by atoms with Gasteiger partial charge in [-0.25, -0.2) is 11.4 Å². The molecule has 1 heterocycles. The molecule has 0 spiro atoms. The number of carbonyl (C=O) groups is 3. The molecule has 52 heavy (non-hydrogen) atoms. The van der Waals surface area contributed by atoms with Crippen LogP contribution >= 0.6 is 23.5 Å². The van der Waals surface area contributed by atoms with Crippen molar-refractivity contribution in [3.8, 4) is 11.5 Å². The van der Waals surface area contributed by atoms with E-state index in [0.717, 1.165) is 75.0 Å². The Balaban J connectivity index is 1.10. The molecular weight excluding hydrogens is 691 g/mol. The zero-order valence-corrected chi connectivity index (χ0v) is 33.6. The molecule has 1 aliphatic heterocycles. The topological polar surface area (TPSA) is 83.3 Å². The van der Waals surface area contributed by atoms with Crippen LogP contribution in [-0.2, 0) is 19.1 Å². The summed E-state index contributed by atoms with van der Waals surface area (Å²) >= 11 is 2.67. The van der Waals surface area contributed by atoms with E-state index in [-0.39, 0.29) is 29.9 Å². The van der Waals surface area contributed by atoms with Crippen molar-refractivity contribution >= 4 is 41.4 Å². The number of hydrogen-bond donors (Lipinski definition) is 0. The van der Waals surface area contributed by atoms with Gasteiger partial charge in [0.15, 0.2) is 0 Å². The van der Waals surface area contributed by atoms with Gasteiger partial charge in [-0.3, -0.25) is 14.4 Å². The van der Waals surface area contributed by atoms with Crippen molar-refractivity contribution in [1.82, 2.24) is 0 Å². The molecule has 0 saturated heterocycles. The number of thioether (sulfide) groups is 2. The molecule has 1 aromatic rings. The van der Waals surface area contributed by atoms with E-state index < -0.39 is 16.6 Å². The second-order valence-corrected chi connectivity index (χ2v) is 19.4. The molecule has 7 nitrogen and oxygen atoms in total. The largest absolute Gasteiger partial charge is 0.457 e. The summed E-state index contributed by atoms with van der Waals surface area (Å²) in [7, 11) is 0. The lowest BCUT2D eigenvalue weighted by Crippen LogP contribution is -2.30. The number of nitrogens with zero attached hydrogens (tertiary/aromatic N) is 1. The van der Waals surface area contributed by atoms with E-state index in [0.29, 0.717) is 33.1 Å². The van der Waals surface area contributed by atoms with E-state index in [2.05, 4.69) is 18.7 Å². The van der Waals surface area contributed by atoms with Crippen molar-refractivity contribution in [1.29, 1.82) is 0 Å². The molecule has 1 aromatic carbocycles. The molecule has 0 bridgehead atoms. The fourth-order valence-electron chi connectivity index (χ4n) is 9.99. The lowest BCUT2D eigenvalue weighted by Gasteiger charge is -2.37. The molecule has 4 saturated carbocycles. The third-order valence-corrected chi connectivity index (χ3v) is 16.4. The zero-order valence-electron chi connectivity index (χ0n) is 31.9. The molecule has 5 aliphatic rings. The highest BCUT2D eigenvalue weighted by Crippen LogP contribution is 2.57. The van der Waals surface area contributed by atoms with Gasteiger partial charge >= 0.3 is 23.9 Å². The maximum Gasteiger partial charge on any atom is 0.392 e. The molecule has 6 rings (SSSR count). The van der Waals surface area contributed by atoms with Crippen LogP contribution in [0.1, 0.15) is 143 Å². The van der Waals surface area contributed by atoms with Gasteiger partial charge in [0.05, 0.1) is 27.7 Å². The summed E-state index contributed by atoms with van der Waals surface area (Å²) in [6.07, 6.45) is 20.6. The fourth-order valence-corrected chi connectivity index (χ4v) is 13.0. The molecule has 0 aromatic heterocycles. The highest BCUT2D eigenvalue weighted by Gasteiger charge is 2.45. The van der Waals surface area contributed by atoms with Crippen LogP contribution in [0.2, 0.25) is 0 Å². The second-order valence-electron chi connectivity index (χ2n) is 16.8. The molecule has 4 fully saturated rings. The molecule has 0 N–H and O–H groups in total. The van der Waals surface area contributed by atoms with Crippen molar-refractivity contribution in [3.05, 3.63) is 23.5 Å². The van der Waals surface area contributed by atoms with E-state index in [4.69, 9.17) is 20.8 Å². The van der Waals surface area contributed by atoms with Gasteiger partial charge in [-0.1, -0.05) is 75.9 Å². The zero-order chi connectivity index (χ0) is 36.8. The minimum absolute atomic E-state index is 0.139. The summed E-state index contributed by atoms with van der Waals surface area (Å²) < 4.78 is 17.2. The Morgan fingerprint density at radius 2 is 1.02 bits per heavy atom. The second kappa shape index (κ2) is 18.4. The molecule has 0 radical (unpaired) electrons. The normalized spacial score (nSPS) is 32.7. The third-order valence-electron chi connectivity index (χ3n) is 13.4. The standard InChI is InChI=1S/C43H61NO6S2/c1-6-27-8-12-29(13-9-27)31-16-20-33(21-17-31)40(45)49-35-24-25-36(39-38(35)51-43(52-39)37(44-5)42(47)48-26(3)4)50-41(46)34-22-18-32(19-23-34)30-14-10-28(7-2)11-15-30/h24-34,37,43H,6-23H2,1-4H3. The Morgan fingerprint density at radius 3 is 1.35 bits per heavy atom. The number of fused-ring (bicyclic) bond motifs is 1. The number of esters is 3. The Bertz CT molecular complexity index is 1340. The maximum absolute atomic E-state index is 13.6. The Kier molecular flexibility index (Phi) is 14.0. The number of ether oxygens (including phenoxy) is 3. The highest BCUT2D eigenvalue weighted by atomic mass is 32.2. The fraction of sp³-hybridized carbons (Fsp3) is 0.767. The van der Waals surface area contributed by atoms with Crippen LogP contribution in [0.4, 0.5) is 0 Å². The minimum Gasteiger partial charge on any atom is -0.457 e. The first-order valence-corrected chi connectivity index (χ1v) is 22.4. The molecule has 1 atom stereocenters. The minimum atomic E-state index is -1.05. The van der Waals surface area contributed by atoms with E-state index in [9.17, 15) is 14.4 Å². The summed E-state index contributed by atoms with van der Waals surface area (Å²) in [5, 5.41) is 0. The van der Waals surface area contributed by atoms with Crippen LogP contribution in [-0.4, -0.2) is 34.6 Å². The molecular formula is C43H61NO6S2. The maximum atomic E-state index is 13.6. The smallest absolute Gasteiger partial charge is 0.392 e. The Hall–Kier alpha value is -2.18. The lowest BCUT2D eigenvalue weighted by molar-refractivity contribution is -0.147. The monoisotopic (exact) mass is 751 g/mol. The molecule has 1 unspecified atom stereocenters. The van der Waals surface area contributed by atoms with Gasteiger partial charge in [0.25, 0.3) is 0 Å². The van der Waals surface area contributed by atoms with E-state index in [1.807, 2.05) is 0 Å². The van der Waals surface area contributed by atoms with Gasteiger partial charge in [0, 0.05) is 0 Å². The summed E-state index contributed by atoms with van der Waals surface area (Å²) in [5.41, 5.74) is 0. The van der Waals surface area contributed by atoms with Crippen molar-refractivity contribution in [3.63, 3.8) is 0 Å². The number of carbonyl (C=O) groups excluding carboxylic acids is 3. The van der Waals surface area contributed by atoms with Crippen molar-refractivity contribution in [2.45, 2.75) is 170 Å². The molecule has 4 aliphatic carbocycles. The van der Waals surface area contributed by atoms with Crippen molar-refractivity contribution in [2.24, 2.45) is 47.3 Å². The van der Waals surface area contributed by atoms with Gasteiger partial charge in [0.2, 0.25) is 0 Å². The molecule has 0 amide bonds. The number of rotatable bonds is 11. The van der Waals surface area contributed by atoms with Crippen LogP contribution < -0.4 is 9.47 Å². The summed E-state index contributed by atoms with van der Waals surface area (Å²) in [5.74, 6) is 4.34.